The predicted octanol–water partition coefficient (Wildman–Crippen LogP) is 2.14. The van der Waals surface area contributed by atoms with E-state index in [-0.39, 0.29) is 6.61 Å². The Kier molecular flexibility index (Phi) is 5.41. The zero-order valence-corrected chi connectivity index (χ0v) is 13.6. The molecule has 0 saturated heterocycles. The van der Waals surface area contributed by atoms with Gasteiger partial charge in [0.05, 0.1) is 18.6 Å². The van der Waals surface area contributed by atoms with Crippen molar-refractivity contribution in [1.29, 1.82) is 0 Å². The average molecular weight is 308 g/mol. The smallest absolute Gasteiger partial charge is 0.356 e. The molecule has 118 valence electrons. The van der Waals surface area contributed by atoms with Crippen LogP contribution in [-0.4, -0.2) is 34.5 Å². The summed E-state index contributed by atoms with van der Waals surface area (Å²) >= 11 is 0. The van der Waals surface area contributed by atoms with Crippen LogP contribution in [0.2, 0.25) is 0 Å². The highest BCUT2D eigenvalue weighted by Gasteiger charge is 2.68. The Bertz CT molecular complexity index is 408. The fourth-order valence-corrected chi connectivity index (χ4v) is 4.27. The second-order valence-corrected chi connectivity index (χ2v) is 7.75. The topological polar surface area (TPSA) is 93.1 Å². The summed E-state index contributed by atoms with van der Waals surface area (Å²) in [6.45, 7) is 8.96. The van der Waals surface area contributed by atoms with Crippen LogP contribution >= 0.6 is 7.60 Å². The van der Waals surface area contributed by atoms with Crippen LogP contribution in [0, 0.1) is 17.3 Å². The molecule has 7 heteroatoms. The average Bonchev–Trinajstić information content (AvgIpc) is 2.90. The third-order valence-electron chi connectivity index (χ3n) is 4.01. The first-order valence-electron chi connectivity index (χ1n) is 6.95. The monoisotopic (exact) mass is 308 g/mol. The van der Waals surface area contributed by atoms with Gasteiger partial charge in [0.1, 0.15) is 0 Å². The molecule has 0 aromatic carbocycles. The molecule has 0 aromatic rings. The van der Waals surface area contributed by atoms with E-state index in [4.69, 9.17) is 9.26 Å². The summed E-state index contributed by atoms with van der Waals surface area (Å²) in [5.41, 5.74) is -0.567. The summed E-state index contributed by atoms with van der Waals surface area (Å²) < 4.78 is 22.1. The van der Waals surface area contributed by atoms with Crippen molar-refractivity contribution in [2.75, 3.05) is 6.61 Å². The molecule has 2 N–H and O–H groups in total. The molecule has 0 bridgehead atoms. The molecule has 1 rings (SSSR count). The number of rotatable bonds is 7. The van der Waals surface area contributed by atoms with E-state index in [1.807, 2.05) is 6.92 Å². The Morgan fingerprint density at radius 2 is 1.95 bits per heavy atom. The maximum Gasteiger partial charge on any atom is 0.356 e. The molecule has 5 unspecified atom stereocenters. The van der Waals surface area contributed by atoms with Crippen molar-refractivity contribution in [2.24, 2.45) is 17.3 Å². The van der Waals surface area contributed by atoms with E-state index in [2.05, 4.69) is 0 Å². The largest absolute Gasteiger partial charge is 0.466 e. The number of aliphatic hydroxyl groups is 1. The first-order valence-corrected chi connectivity index (χ1v) is 8.59. The first kappa shape index (κ1) is 17.6. The van der Waals surface area contributed by atoms with Crippen LogP contribution in [0.3, 0.4) is 0 Å². The number of hydrogen-bond donors (Lipinski definition) is 2. The van der Waals surface area contributed by atoms with Gasteiger partial charge in [-0.25, -0.2) is 0 Å². The highest BCUT2D eigenvalue weighted by atomic mass is 31.2. The molecule has 0 aliphatic heterocycles. The van der Waals surface area contributed by atoms with Crippen molar-refractivity contribution in [3.63, 3.8) is 0 Å². The van der Waals surface area contributed by atoms with Crippen LogP contribution in [0.15, 0.2) is 0 Å². The molecule has 0 aromatic heterocycles. The van der Waals surface area contributed by atoms with Crippen LogP contribution in [0.25, 0.3) is 0 Å². The number of hydrogen-bond acceptors (Lipinski definition) is 5. The van der Waals surface area contributed by atoms with Gasteiger partial charge >= 0.3 is 13.6 Å². The molecule has 1 aliphatic carbocycles. The predicted molar refractivity (Wildman–Crippen MR) is 74.1 cm³/mol. The van der Waals surface area contributed by atoms with E-state index in [0.29, 0.717) is 6.42 Å². The van der Waals surface area contributed by atoms with Gasteiger partial charge in [0, 0.05) is 5.92 Å². The van der Waals surface area contributed by atoms with Crippen molar-refractivity contribution in [1.82, 2.24) is 0 Å². The highest BCUT2D eigenvalue weighted by molar-refractivity contribution is 7.53. The minimum atomic E-state index is -4.18. The minimum Gasteiger partial charge on any atom is -0.466 e. The second kappa shape index (κ2) is 6.14. The van der Waals surface area contributed by atoms with Gasteiger partial charge in [-0.05, 0) is 25.7 Å². The van der Waals surface area contributed by atoms with Gasteiger partial charge in [-0.3, -0.25) is 9.36 Å². The SMILES string of the molecule is CCOC(=O)C1C(C(O)P(=O)(O)OC(C)CC)C1(C)C. The van der Waals surface area contributed by atoms with Crippen LogP contribution < -0.4 is 0 Å². The Balaban J connectivity index is 2.80. The second-order valence-electron chi connectivity index (χ2n) is 5.88. The summed E-state index contributed by atoms with van der Waals surface area (Å²) in [4.78, 5) is 21.7. The molecule has 0 heterocycles. The van der Waals surface area contributed by atoms with Gasteiger partial charge in [-0.1, -0.05) is 20.8 Å². The normalized spacial score (nSPS) is 30.1. The summed E-state index contributed by atoms with van der Waals surface area (Å²) in [6, 6.07) is 0. The van der Waals surface area contributed by atoms with Gasteiger partial charge in [0.15, 0.2) is 5.85 Å². The zero-order valence-electron chi connectivity index (χ0n) is 12.7. The standard InChI is InChI=1S/C13H25O6P/c1-6-8(3)19-20(16,17)12(15)10-9(13(10,4)5)11(14)18-7-2/h8-10,12,15H,6-7H2,1-5H3,(H,16,17). The Morgan fingerprint density at radius 3 is 2.40 bits per heavy atom. The van der Waals surface area contributed by atoms with Crippen molar-refractivity contribution in [3.8, 4) is 0 Å². The van der Waals surface area contributed by atoms with E-state index < -0.39 is 42.8 Å². The molecule has 0 radical (unpaired) electrons. The first-order chi connectivity index (χ1) is 9.09. The maximum absolute atomic E-state index is 12.1. The lowest BCUT2D eigenvalue weighted by molar-refractivity contribution is -0.145. The maximum atomic E-state index is 12.1. The molecule has 20 heavy (non-hydrogen) atoms. The fourth-order valence-electron chi connectivity index (χ4n) is 2.51. The van der Waals surface area contributed by atoms with Crippen LogP contribution in [0.4, 0.5) is 0 Å². The number of carbonyl (C=O) groups excluding carboxylic acids is 1. The Morgan fingerprint density at radius 1 is 1.40 bits per heavy atom. The molecular weight excluding hydrogens is 283 g/mol. The summed E-state index contributed by atoms with van der Waals surface area (Å²) in [7, 11) is -4.18. The molecule has 0 amide bonds. The summed E-state index contributed by atoms with van der Waals surface area (Å²) in [5.74, 6) is -3.20. The molecule has 0 spiro atoms. The van der Waals surface area contributed by atoms with Gasteiger partial charge in [-0.2, -0.15) is 0 Å². The van der Waals surface area contributed by atoms with Gasteiger partial charge in [0.2, 0.25) is 0 Å². The molecule has 1 fully saturated rings. The lowest BCUT2D eigenvalue weighted by Gasteiger charge is -2.22. The van der Waals surface area contributed by atoms with Crippen LogP contribution in [-0.2, 0) is 18.6 Å². The molecule has 1 saturated carbocycles. The summed E-state index contributed by atoms with van der Waals surface area (Å²) in [5, 5.41) is 10.1. The highest BCUT2D eigenvalue weighted by Crippen LogP contribution is 2.67. The van der Waals surface area contributed by atoms with Crippen molar-refractivity contribution < 1.29 is 28.6 Å². The number of aliphatic hydroxyl groups excluding tert-OH is 1. The minimum absolute atomic E-state index is 0.244. The lowest BCUT2D eigenvalue weighted by Crippen LogP contribution is -2.19. The van der Waals surface area contributed by atoms with E-state index in [0.717, 1.165) is 0 Å². The number of esters is 1. The van der Waals surface area contributed by atoms with E-state index >= 15 is 0 Å². The van der Waals surface area contributed by atoms with E-state index in [1.54, 1.807) is 27.7 Å². The van der Waals surface area contributed by atoms with Crippen molar-refractivity contribution >= 4 is 13.6 Å². The number of ether oxygens (including phenoxy) is 1. The van der Waals surface area contributed by atoms with E-state index in [1.165, 1.54) is 0 Å². The quantitative estimate of drug-likeness (QED) is 0.553. The fraction of sp³-hybridized carbons (Fsp3) is 0.923. The third-order valence-corrected chi connectivity index (χ3v) is 5.66. The lowest BCUT2D eigenvalue weighted by atomic mass is 10.1. The number of carbonyl (C=O) groups is 1. The van der Waals surface area contributed by atoms with Gasteiger partial charge < -0.3 is 19.3 Å². The molecule has 5 atom stereocenters. The molecule has 6 nitrogen and oxygen atoms in total. The van der Waals surface area contributed by atoms with Crippen molar-refractivity contribution in [3.05, 3.63) is 0 Å². The van der Waals surface area contributed by atoms with E-state index in [9.17, 15) is 19.4 Å². The summed E-state index contributed by atoms with van der Waals surface area (Å²) in [6.07, 6.45) is 0.135. The van der Waals surface area contributed by atoms with Crippen LogP contribution in [0.1, 0.15) is 41.0 Å². The van der Waals surface area contributed by atoms with Gasteiger partial charge in [-0.15, -0.1) is 0 Å². The zero-order chi connectivity index (χ0) is 15.7. The van der Waals surface area contributed by atoms with Crippen molar-refractivity contribution in [2.45, 2.75) is 53.0 Å². The van der Waals surface area contributed by atoms with Crippen LogP contribution in [0.5, 0.6) is 0 Å². The Labute approximate surface area is 120 Å². The molecule has 1 aliphatic rings. The molecular formula is C13H25O6P. The third kappa shape index (κ3) is 3.42. The van der Waals surface area contributed by atoms with Gasteiger partial charge in [0.25, 0.3) is 0 Å². The Hall–Kier alpha value is -0.420.